The van der Waals surface area contributed by atoms with Crippen LogP contribution in [-0.2, 0) is 6.61 Å². The number of benzene rings is 2. The van der Waals surface area contributed by atoms with Gasteiger partial charge in [-0.25, -0.2) is 4.98 Å². The summed E-state index contributed by atoms with van der Waals surface area (Å²) in [5, 5.41) is 4.00. The molecule has 1 amide bonds. The number of aromatic nitrogens is 2. The molecule has 0 spiro atoms. The van der Waals surface area contributed by atoms with E-state index >= 15 is 0 Å². The largest absolute Gasteiger partial charge is 0.493 e. The van der Waals surface area contributed by atoms with Crippen LogP contribution in [0.3, 0.4) is 0 Å². The van der Waals surface area contributed by atoms with E-state index in [1.54, 1.807) is 25.6 Å². The first-order valence-corrected chi connectivity index (χ1v) is 10.0. The molecule has 0 bridgehead atoms. The van der Waals surface area contributed by atoms with Gasteiger partial charge in [0.2, 0.25) is 0 Å². The quantitative estimate of drug-likeness (QED) is 0.475. The highest BCUT2D eigenvalue weighted by atomic mass is 16.5. The highest BCUT2D eigenvalue weighted by molar-refractivity contribution is 5.95. The summed E-state index contributed by atoms with van der Waals surface area (Å²) in [6.45, 7) is 2.34. The van der Waals surface area contributed by atoms with Gasteiger partial charge in [0.25, 0.3) is 5.91 Å². The molecule has 6 nitrogen and oxygen atoms in total. The summed E-state index contributed by atoms with van der Waals surface area (Å²) in [4.78, 5) is 21.2. The van der Waals surface area contributed by atoms with Crippen molar-refractivity contribution in [1.82, 2.24) is 15.3 Å². The SMILES string of the molecule is COc1cc(C(C)NC(=O)c2ccc3ccccc3n2)ccc1OCc1ccncc1. The van der Waals surface area contributed by atoms with Gasteiger partial charge in [0.15, 0.2) is 11.5 Å². The molecule has 0 saturated heterocycles. The third-order valence-electron chi connectivity index (χ3n) is 5.01. The third-order valence-corrected chi connectivity index (χ3v) is 5.01. The number of hydrogen-bond donors (Lipinski definition) is 1. The van der Waals surface area contributed by atoms with Crippen molar-refractivity contribution in [3.63, 3.8) is 0 Å². The summed E-state index contributed by atoms with van der Waals surface area (Å²) >= 11 is 0. The molecular weight excluding hydrogens is 390 g/mol. The monoisotopic (exact) mass is 413 g/mol. The third kappa shape index (κ3) is 4.80. The van der Waals surface area contributed by atoms with Crippen LogP contribution in [0.2, 0.25) is 0 Å². The van der Waals surface area contributed by atoms with Gasteiger partial charge in [-0.15, -0.1) is 0 Å². The van der Waals surface area contributed by atoms with Crippen LogP contribution in [0.5, 0.6) is 11.5 Å². The van der Waals surface area contributed by atoms with Crippen molar-refractivity contribution in [1.29, 1.82) is 0 Å². The first kappa shape index (κ1) is 20.3. The van der Waals surface area contributed by atoms with E-state index in [0.29, 0.717) is 23.8 Å². The fourth-order valence-corrected chi connectivity index (χ4v) is 3.26. The molecule has 156 valence electrons. The summed E-state index contributed by atoms with van der Waals surface area (Å²) < 4.78 is 11.4. The highest BCUT2D eigenvalue weighted by Gasteiger charge is 2.15. The van der Waals surface area contributed by atoms with E-state index < -0.39 is 0 Å². The van der Waals surface area contributed by atoms with Crippen LogP contribution in [0.25, 0.3) is 10.9 Å². The molecule has 1 N–H and O–H groups in total. The average Bonchev–Trinajstić information content (AvgIpc) is 2.82. The molecule has 2 aromatic heterocycles. The summed E-state index contributed by atoms with van der Waals surface area (Å²) in [6, 6.07) is 20.6. The minimum atomic E-state index is -0.232. The molecule has 0 aliphatic rings. The molecule has 6 heteroatoms. The minimum absolute atomic E-state index is 0.227. The maximum absolute atomic E-state index is 12.7. The number of fused-ring (bicyclic) bond motifs is 1. The number of carbonyl (C=O) groups excluding carboxylic acids is 1. The fraction of sp³-hybridized carbons (Fsp3) is 0.160. The summed E-state index contributed by atoms with van der Waals surface area (Å²) in [6.07, 6.45) is 3.46. The van der Waals surface area contributed by atoms with Crippen LogP contribution in [0.4, 0.5) is 0 Å². The van der Waals surface area contributed by atoms with Crippen LogP contribution in [-0.4, -0.2) is 23.0 Å². The van der Waals surface area contributed by atoms with Crippen LogP contribution < -0.4 is 14.8 Å². The van der Waals surface area contributed by atoms with Crippen molar-refractivity contribution in [3.05, 3.63) is 95.9 Å². The zero-order valence-electron chi connectivity index (χ0n) is 17.4. The standard InChI is InChI=1S/C25H23N3O3/c1-17(27-25(29)22-9-7-19-5-3-4-6-21(19)28-22)20-8-10-23(24(15-20)30-2)31-16-18-11-13-26-14-12-18/h3-15,17H,16H2,1-2H3,(H,27,29). The van der Waals surface area contributed by atoms with Gasteiger partial charge in [-0.05, 0) is 54.4 Å². The molecule has 2 aromatic carbocycles. The summed E-state index contributed by atoms with van der Waals surface area (Å²) in [5.74, 6) is 1.02. The molecule has 4 aromatic rings. The van der Waals surface area contributed by atoms with E-state index in [1.165, 1.54) is 0 Å². The maximum atomic E-state index is 12.7. The second kappa shape index (κ2) is 9.26. The normalized spacial score (nSPS) is 11.7. The predicted octanol–water partition coefficient (Wildman–Crippen LogP) is 4.71. The summed E-state index contributed by atoms with van der Waals surface area (Å²) in [5.41, 5.74) is 3.10. The molecule has 31 heavy (non-hydrogen) atoms. The number of rotatable bonds is 7. The molecule has 0 aliphatic carbocycles. The van der Waals surface area contributed by atoms with E-state index in [1.807, 2.05) is 67.6 Å². The van der Waals surface area contributed by atoms with E-state index in [4.69, 9.17) is 9.47 Å². The maximum Gasteiger partial charge on any atom is 0.270 e. The number of nitrogens with zero attached hydrogens (tertiary/aromatic N) is 2. The van der Waals surface area contributed by atoms with E-state index in [2.05, 4.69) is 15.3 Å². The highest BCUT2D eigenvalue weighted by Crippen LogP contribution is 2.31. The number of pyridine rings is 2. The van der Waals surface area contributed by atoms with Crippen LogP contribution >= 0.6 is 0 Å². The molecule has 0 aliphatic heterocycles. The van der Waals surface area contributed by atoms with E-state index in [-0.39, 0.29) is 11.9 Å². The Morgan fingerprint density at radius 3 is 2.61 bits per heavy atom. The molecule has 0 fully saturated rings. The van der Waals surface area contributed by atoms with Crippen LogP contribution in [0, 0.1) is 0 Å². The van der Waals surface area contributed by atoms with Crippen molar-refractivity contribution in [2.75, 3.05) is 7.11 Å². The van der Waals surface area contributed by atoms with Crippen molar-refractivity contribution in [2.24, 2.45) is 0 Å². The van der Waals surface area contributed by atoms with Gasteiger partial charge in [0.1, 0.15) is 12.3 Å². The Hall–Kier alpha value is -3.93. The van der Waals surface area contributed by atoms with Gasteiger partial charge in [-0.2, -0.15) is 0 Å². The van der Waals surface area contributed by atoms with Crippen molar-refractivity contribution in [3.8, 4) is 11.5 Å². The Morgan fingerprint density at radius 2 is 1.81 bits per heavy atom. The predicted molar refractivity (Wildman–Crippen MR) is 119 cm³/mol. The molecule has 1 atom stereocenters. The van der Waals surface area contributed by atoms with Crippen molar-refractivity contribution >= 4 is 16.8 Å². The lowest BCUT2D eigenvalue weighted by atomic mass is 10.1. The Morgan fingerprint density at radius 1 is 1.00 bits per heavy atom. The molecular formula is C25H23N3O3. The van der Waals surface area contributed by atoms with Gasteiger partial charge >= 0.3 is 0 Å². The zero-order valence-corrected chi connectivity index (χ0v) is 17.4. The first-order chi connectivity index (χ1) is 15.1. The lowest BCUT2D eigenvalue weighted by molar-refractivity contribution is 0.0935. The van der Waals surface area contributed by atoms with Crippen molar-refractivity contribution < 1.29 is 14.3 Å². The number of methoxy groups -OCH3 is 1. The topological polar surface area (TPSA) is 73.3 Å². The zero-order chi connectivity index (χ0) is 21.6. The molecule has 2 heterocycles. The fourth-order valence-electron chi connectivity index (χ4n) is 3.26. The number of nitrogens with one attached hydrogen (secondary N) is 1. The Kier molecular flexibility index (Phi) is 6.08. The van der Waals surface area contributed by atoms with Crippen LogP contribution in [0.15, 0.2) is 79.1 Å². The van der Waals surface area contributed by atoms with Gasteiger partial charge < -0.3 is 14.8 Å². The average molecular weight is 413 g/mol. The number of carbonyl (C=O) groups is 1. The summed E-state index contributed by atoms with van der Waals surface area (Å²) in [7, 11) is 1.60. The van der Waals surface area contributed by atoms with E-state index in [9.17, 15) is 4.79 Å². The second-order valence-corrected chi connectivity index (χ2v) is 7.14. The number of amides is 1. The minimum Gasteiger partial charge on any atom is -0.493 e. The number of para-hydroxylation sites is 1. The molecule has 0 saturated carbocycles. The molecule has 1 unspecified atom stereocenters. The van der Waals surface area contributed by atoms with Gasteiger partial charge in [-0.3, -0.25) is 9.78 Å². The Balaban J connectivity index is 1.45. The molecule has 0 radical (unpaired) electrons. The number of hydrogen-bond acceptors (Lipinski definition) is 5. The van der Waals surface area contributed by atoms with E-state index in [0.717, 1.165) is 22.0 Å². The van der Waals surface area contributed by atoms with Gasteiger partial charge in [-0.1, -0.05) is 30.3 Å². The lowest BCUT2D eigenvalue weighted by Gasteiger charge is -2.17. The van der Waals surface area contributed by atoms with Crippen molar-refractivity contribution in [2.45, 2.75) is 19.6 Å². The Bertz CT molecular complexity index is 1190. The first-order valence-electron chi connectivity index (χ1n) is 10.0. The van der Waals surface area contributed by atoms with Crippen LogP contribution in [0.1, 0.15) is 34.6 Å². The lowest BCUT2D eigenvalue weighted by Crippen LogP contribution is -2.27. The van der Waals surface area contributed by atoms with Gasteiger partial charge in [0, 0.05) is 17.8 Å². The number of ether oxygens (including phenoxy) is 2. The molecule has 4 rings (SSSR count). The second-order valence-electron chi connectivity index (χ2n) is 7.14. The Labute approximate surface area is 180 Å². The smallest absolute Gasteiger partial charge is 0.270 e. The van der Waals surface area contributed by atoms with Gasteiger partial charge in [0.05, 0.1) is 18.7 Å².